The van der Waals surface area contributed by atoms with Gasteiger partial charge in [0.25, 0.3) is 0 Å². The van der Waals surface area contributed by atoms with Gasteiger partial charge in [-0.15, -0.1) is 0 Å². The molecule has 4 nitrogen and oxygen atoms in total. The fourth-order valence-corrected chi connectivity index (χ4v) is 1.83. The summed E-state index contributed by atoms with van der Waals surface area (Å²) in [7, 11) is 0. The minimum absolute atomic E-state index is 0.240. The van der Waals surface area contributed by atoms with Crippen LogP contribution < -0.4 is 5.73 Å². The number of phenolic OH excluding ortho intramolecular Hbond substituents is 1. The highest BCUT2D eigenvalue weighted by atomic mass is 16.3. The number of aromatic hydroxyl groups is 1. The van der Waals surface area contributed by atoms with E-state index in [0.717, 1.165) is 22.8 Å². The van der Waals surface area contributed by atoms with Gasteiger partial charge < -0.3 is 15.8 Å². The van der Waals surface area contributed by atoms with Crippen LogP contribution in [0.4, 0.5) is 0 Å². The molecule has 1 aromatic heterocycles. The molecule has 0 aliphatic carbocycles. The van der Waals surface area contributed by atoms with Gasteiger partial charge in [-0.25, -0.2) is 4.98 Å². The first-order valence-electron chi connectivity index (χ1n) is 5.70. The Kier molecular flexibility index (Phi) is 3.15. The van der Waals surface area contributed by atoms with Gasteiger partial charge in [0, 0.05) is 11.3 Å². The van der Waals surface area contributed by atoms with Crippen molar-refractivity contribution in [1.29, 1.82) is 0 Å². The Morgan fingerprint density at radius 2 is 2.06 bits per heavy atom. The fourth-order valence-electron chi connectivity index (χ4n) is 1.83. The lowest BCUT2D eigenvalue weighted by Crippen LogP contribution is -1.98. The molecule has 0 atom stereocenters. The number of aromatic amines is 1. The molecule has 1 heterocycles. The third-order valence-electron chi connectivity index (χ3n) is 2.71. The lowest BCUT2D eigenvalue weighted by molar-refractivity contribution is 0.477. The highest BCUT2D eigenvalue weighted by molar-refractivity contribution is 5.69. The number of H-pyrrole nitrogens is 1. The van der Waals surface area contributed by atoms with Crippen molar-refractivity contribution in [2.75, 3.05) is 0 Å². The Morgan fingerprint density at radius 1 is 1.35 bits per heavy atom. The lowest BCUT2D eigenvalue weighted by Gasteiger charge is -2.07. The molecule has 17 heavy (non-hydrogen) atoms. The second kappa shape index (κ2) is 4.59. The predicted octanol–water partition coefficient (Wildman–Crippen LogP) is 2.36. The van der Waals surface area contributed by atoms with Crippen molar-refractivity contribution in [2.24, 2.45) is 5.73 Å². The molecule has 1 aromatic carbocycles. The molecule has 0 radical (unpaired) electrons. The zero-order chi connectivity index (χ0) is 12.4. The zero-order valence-corrected chi connectivity index (χ0v) is 10.1. The fraction of sp³-hybridized carbons (Fsp3) is 0.308. The van der Waals surface area contributed by atoms with Crippen LogP contribution in [0.1, 0.15) is 31.3 Å². The van der Waals surface area contributed by atoms with Crippen LogP contribution in [0.5, 0.6) is 5.75 Å². The van der Waals surface area contributed by atoms with Crippen molar-refractivity contribution in [1.82, 2.24) is 9.97 Å². The van der Waals surface area contributed by atoms with E-state index in [4.69, 9.17) is 5.73 Å². The van der Waals surface area contributed by atoms with E-state index in [9.17, 15) is 5.11 Å². The van der Waals surface area contributed by atoms with Gasteiger partial charge in [-0.3, -0.25) is 0 Å². The van der Waals surface area contributed by atoms with Gasteiger partial charge in [-0.05, 0) is 18.1 Å². The number of nitrogens with one attached hydrogen (secondary N) is 1. The maximum Gasteiger partial charge on any atom is 0.125 e. The van der Waals surface area contributed by atoms with E-state index in [1.54, 1.807) is 12.1 Å². The molecular weight excluding hydrogens is 214 g/mol. The van der Waals surface area contributed by atoms with Crippen molar-refractivity contribution in [3.63, 3.8) is 0 Å². The lowest BCUT2D eigenvalue weighted by atomic mass is 10.0. The summed E-state index contributed by atoms with van der Waals surface area (Å²) >= 11 is 0. The van der Waals surface area contributed by atoms with Gasteiger partial charge in [0.2, 0.25) is 0 Å². The van der Waals surface area contributed by atoms with E-state index >= 15 is 0 Å². The first kappa shape index (κ1) is 11.7. The molecule has 0 saturated heterocycles. The first-order valence-corrected chi connectivity index (χ1v) is 5.70. The summed E-state index contributed by atoms with van der Waals surface area (Å²) in [6, 6.07) is 7.20. The van der Waals surface area contributed by atoms with Crippen molar-refractivity contribution in [2.45, 2.75) is 26.3 Å². The summed E-state index contributed by atoms with van der Waals surface area (Å²) in [6.45, 7) is 4.53. The zero-order valence-electron chi connectivity index (χ0n) is 10.1. The maximum absolute atomic E-state index is 9.87. The van der Waals surface area contributed by atoms with Crippen LogP contribution in [0.3, 0.4) is 0 Å². The molecular formula is C13H17N3O. The summed E-state index contributed by atoms with van der Waals surface area (Å²) in [5.41, 5.74) is 8.13. The summed E-state index contributed by atoms with van der Waals surface area (Å²) in [5, 5.41) is 9.87. The smallest absolute Gasteiger partial charge is 0.125 e. The Labute approximate surface area is 101 Å². The van der Waals surface area contributed by atoms with E-state index in [1.807, 2.05) is 12.1 Å². The highest BCUT2D eigenvalue weighted by Crippen LogP contribution is 2.32. The summed E-state index contributed by atoms with van der Waals surface area (Å²) < 4.78 is 0. The molecule has 2 aromatic rings. The van der Waals surface area contributed by atoms with Crippen LogP contribution in [-0.2, 0) is 6.54 Å². The third kappa shape index (κ3) is 2.17. The van der Waals surface area contributed by atoms with E-state index < -0.39 is 0 Å². The second-order valence-electron chi connectivity index (χ2n) is 4.32. The standard InChI is InChI=1S/C13H17N3O/c1-8(2)12-13(16-11(7-14)15-12)9-5-3-4-6-10(9)17/h3-6,8,17H,7,14H2,1-2H3,(H,15,16). The van der Waals surface area contributed by atoms with Gasteiger partial charge in [0.1, 0.15) is 11.6 Å². The van der Waals surface area contributed by atoms with Crippen LogP contribution >= 0.6 is 0 Å². The minimum Gasteiger partial charge on any atom is -0.507 e. The van der Waals surface area contributed by atoms with Crippen LogP contribution in [-0.4, -0.2) is 15.1 Å². The Hall–Kier alpha value is -1.81. The van der Waals surface area contributed by atoms with Gasteiger partial charge in [0.15, 0.2) is 0 Å². The number of nitrogens with two attached hydrogens (primary N) is 1. The quantitative estimate of drug-likeness (QED) is 0.759. The molecule has 0 aliphatic rings. The van der Waals surface area contributed by atoms with Gasteiger partial charge in [0.05, 0.1) is 12.2 Å². The van der Waals surface area contributed by atoms with Crippen molar-refractivity contribution >= 4 is 0 Å². The van der Waals surface area contributed by atoms with Crippen molar-refractivity contribution in [3.8, 4) is 17.0 Å². The number of phenols is 1. The number of nitrogens with zero attached hydrogens (tertiary/aromatic N) is 1. The molecule has 0 amide bonds. The van der Waals surface area contributed by atoms with E-state index in [-0.39, 0.29) is 5.75 Å². The summed E-state index contributed by atoms with van der Waals surface area (Å²) in [6.07, 6.45) is 0. The van der Waals surface area contributed by atoms with Crippen LogP contribution in [0, 0.1) is 0 Å². The van der Waals surface area contributed by atoms with Gasteiger partial charge >= 0.3 is 0 Å². The van der Waals surface area contributed by atoms with Crippen LogP contribution in [0.2, 0.25) is 0 Å². The largest absolute Gasteiger partial charge is 0.507 e. The third-order valence-corrected chi connectivity index (χ3v) is 2.71. The topological polar surface area (TPSA) is 74.9 Å². The van der Waals surface area contributed by atoms with E-state index in [0.29, 0.717) is 12.5 Å². The van der Waals surface area contributed by atoms with Gasteiger partial charge in [-0.1, -0.05) is 26.0 Å². The molecule has 4 N–H and O–H groups in total. The number of benzene rings is 1. The Bertz CT molecular complexity index is 517. The number of hydrogen-bond donors (Lipinski definition) is 3. The number of hydrogen-bond acceptors (Lipinski definition) is 3. The second-order valence-corrected chi connectivity index (χ2v) is 4.32. The van der Waals surface area contributed by atoms with E-state index in [2.05, 4.69) is 23.8 Å². The molecule has 0 bridgehead atoms. The number of imidazole rings is 1. The molecule has 0 unspecified atom stereocenters. The Balaban J connectivity index is 2.58. The minimum atomic E-state index is 0.240. The molecule has 2 rings (SSSR count). The van der Waals surface area contributed by atoms with Crippen molar-refractivity contribution < 1.29 is 5.11 Å². The average molecular weight is 231 g/mol. The molecule has 4 heteroatoms. The SMILES string of the molecule is CC(C)c1[nH]c(CN)nc1-c1ccccc1O. The van der Waals surface area contributed by atoms with Crippen LogP contribution in [0.25, 0.3) is 11.3 Å². The monoisotopic (exact) mass is 231 g/mol. The molecule has 0 aliphatic heterocycles. The number of aromatic nitrogens is 2. The molecule has 0 spiro atoms. The molecule has 0 saturated carbocycles. The van der Waals surface area contributed by atoms with Gasteiger partial charge in [-0.2, -0.15) is 0 Å². The normalized spacial score (nSPS) is 11.1. The molecule has 90 valence electrons. The Morgan fingerprint density at radius 3 is 2.65 bits per heavy atom. The summed E-state index contributed by atoms with van der Waals surface area (Å²) in [4.78, 5) is 7.65. The predicted molar refractivity (Wildman–Crippen MR) is 67.7 cm³/mol. The highest BCUT2D eigenvalue weighted by Gasteiger charge is 2.16. The number of para-hydroxylation sites is 1. The number of rotatable bonds is 3. The first-order chi connectivity index (χ1) is 8.13. The summed E-state index contributed by atoms with van der Waals surface area (Å²) in [5.74, 6) is 1.29. The molecule has 0 fully saturated rings. The maximum atomic E-state index is 9.87. The van der Waals surface area contributed by atoms with E-state index in [1.165, 1.54) is 0 Å². The van der Waals surface area contributed by atoms with Crippen LogP contribution in [0.15, 0.2) is 24.3 Å². The van der Waals surface area contributed by atoms with Crippen molar-refractivity contribution in [3.05, 3.63) is 35.8 Å². The average Bonchev–Trinajstić information content (AvgIpc) is 2.73.